The van der Waals surface area contributed by atoms with Crippen molar-refractivity contribution in [3.63, 3.8) is 0 Å². The van der Waals surface area contributed by atoms with Gasteiger partial charge in [-0.1, -0.05) is 29.3 Å². The minimum Gasteiger partial charge on any atom is -0.479 e. The first-order valence-electron chi connectivity index (χ1n) is 5.49. The molecule has 0 bridgehead atoms. The number of nitrogens with zero attached hydrogens (tertiary/aromatic N) is 1. The molecule has 0 saturated carbocycles. The summed E-state index contributed by atoms with van der Waals surface area (Å²) in [6, 6.07) is 7.06. The summed E-state index contributed by atoms with van der Waals surface area (Å²) in [6.45, 7) is 1.94. The summed E-state index contributed by atoms with van der Waals surface area (Å²) in [5, 5.41) is 9.01. The maximum atomic E-state index is 11.5. The van der Waals surface area contributed by atoms with E-state index in [-0.39, 0.29) is 0 Å². The minimum absolute atomic E-state index is 0.371. The van der Waals surface area contributed by atoms with E-state index < -0.39 is 12.0 Å². The van der Waals surface area contributed by atoms with Crippen molar-refractivity contribution in [2.24, 2.45) is 5.84 Å². The molecular weight excluding hydrogens is 298 g/mol. The SMILES string of the molecule is CCCC(Oc1ccc(Br)cc1C#N)C(=O)NN. The van der Waals surface area contributed by atoms with Crippen LogP contribution >= 0.6 is 15.9 Å². The Morgan fingerprint density at radius 3 is 2.94 bits per heavy atom. The molecule has 0 aliphatic heterocycles. The molecular formula is C12H14BrN3O2. The van der Waals surface area contributed by atoms with Gasteiger partial charge < -0.3 is 4.74 Å². The Morgan fingerprint density at radius 1 is 1.67 bits per heavy atom. The molecule has 5 nitrogen and oxygen atoms in total. The summed E-state index contributed by atoms with van der Waals surface area (Å²) in [5.41, 5.74) is 2.43. The van der Waals surface area contributed by atoms with Crippen molar-refractivity contribution in [3.8, 4) is 11.8 Å². The zero-order chi connectivity index (χ0) is 13.5. The van der Waals surface area contributed by atoms with E-state index in [1.165, 1.54) is 0 Å². The van der Waals surface area contributed by atoms with Crippen LogP contribution in [0, 0.1) is 11.3 Å². The fourth-order valence-electron chi connectivity index (χ4n) is 1.44. The maximum absolute atomic E-state index is 11.5. The predicted octanol–water partition coefficient (Wildman–Crippen LogP) is 1.86. The number of rotatable bonds is 5. The van der Waals surface area contributed by atoms with Crippen LogP contribution < -0.4 is 16.0 Å². The summed E-state index contributed by atoms with van der Waals surface area (Å²) in [4.78, 5) is 11.5. The van der Waals surface area contributed by atoms with E-state index in [2.05, 4.69) is 21.4 Å². The average Bonchev–Trinajstić information content (AvgIpc) is 2.39. The summed E-state index contributed by atoms with van der Waals surface area (Å²) < 4.78 is 6.33. The van der Waals surface area contributed by atoms with Crippen LogP contribution in [-0.2, 0) is 4.79 Å². The van der Waals surface area contributed by atoms with E-state index in [9.17, 15) is 4.79 Å². The number of nitriles is 1. The Balaban J connectivity index is 2.93. The summed E-state index contributed by atoms with van der Waals surface area (Å²) in [7, 11) is 0. The number of ether oxygens (including phenoxy) is 1. The van der Waals surface area contributed by atoms with E-state index in [0.29, 0.717) is 17.7 Å². The standard InChI is InChI=1S/C12H14BrN3O2/c1-2-3-11(12(17)16-15)18-10-5-4-9(13)6-8(10)7-14/h4-6,11H,2-3,15H2,1H3,(H,16,17). The third-order valence-corrected chi connectivity index (χ3v) is 2.81. The van der Waals surface area contributed by atoms with E-state index in [1.807, 2.05) is 13.0 Å². The van der Waals surface area contributed by atoms with Gasteiger partial charge in [-0.2, -0.15) is 5.26 Å². The fraction of sp³-hybridized carbons (Fsp3) is 0.333. The monoisotopic (exact) mass is 311 g/mol. The highest BCUT2D eigenvalue weighted by Crippen LogP contribution is 2.24. The quantitative estimate of drug-likeness (QED) is 0.493. The number of halogens is 1. The third-order valence-electron chi connectivity index (χ3n) is 2.32. The van der Waals surface area contributed by atoms with Crippen LogP contribution in [0.1, 0.15) is 25.3 Å². The first kappa shape index (κ1) is 14.5. The van der Waals surface area contributed by atoms with Crippen molar-refractivity contribution >= 4 is 21.8 Å². The minimum atomic E-state index is -0.687. The number of nitrogens with one attached hydrogen (secondary N) is 1. The zero-order valence-corrected chi connectivity index (χ0v) is 11.5. The van der Waals surface area contributed by atoms with E-state index in [4.69, 9.17) is 15.8 Å². The molecule has 0 saturated heterocycles. The van der Waals surface area contributed by atoms with Gasteiger partial charge in [0.05, 0.1) is 5.56 Å². The van der Waals surface area contributed by atoms with Crippen LogP contribution in [0.5, 0.6) is 5.75 Å². The molecule has 1 amide bonds. The summed E-state index contributed by atoms with van der Waals surface area (Å²) in [6.07, 6.45) is 0.619. The topological polar surface area (TPSA) is 88.1 Å². The molecule has 1 unspecified atom stereocenters. The summed E-state index contributed by atoms with van der Waals surface area (Å²) >= 11 is 3.27. The number of carbonyl (C=O) groups excluding carboxylic acids is 1. The van der Waals surface area contributed by atoms with Crippen LogP contribution in [0.15, 0.2) is 22.7 Å². The average molecular weight is 312 g/mol. The van der Waals surface area contributed by atoms with Crippen LogP contribution in [0.25, 0.3) is 0 Å². The van der Waals surface area contributed by atoms with Gasteiger partial charge >= 0.3 is 0 Å². The molecule has 1 atom stereocenters. The van der Waals surface area contributed by atoms with Crippen LogP contribution in [0.4, 0.5) is 0 Å². The van der Waals surface area contributed by atoms with Crippen molar-refractivity contribution in [3.05, 3.63) is 28.2 Å². The lowest BCUT2D eigenvalue weighted by molar-refractivity contribution is -0.128. The molecule has 1 aromatic rings. The number of amides is 1. The second kappa shape index (κ2) is 6.99. The molecule has 0 heterocycles. The molecule has 96 valence electrons. The molecule has 1 aromatic carbocycles. The molecule has 0 spiro atoms. The van der Waals surface area contributed by atoms with Gasteiger partial charge in [0.15, 0.2) is 6.10 Å². The Labute approximate surface area is 114 Å². The molecule has 18 heavy (non-hydrogen) atoms. The highest BCUT2D eigenvalue weighted by molar-refractivity contribution is 9.10. The lowest BCUT2D eigenvalue weighted by atomic mass is 10.2. The number of benzene rings is 1. The van der Waals surface area contributed by atoms with E-state index >= 15 is 0 Å². The Morgan fingerprint density at radius 2 is 2.39 bits per heavy atom. The molecule has 3 N–H and O–H groups in total. The van der Waals surface area contributed by atoms with Crippen molar-refractivity contribution in [1.29, 1.82) is 5.26 Å². The van der Waals surface area contributed by atoms with Gasteiger partial charge in [0.2, 0.25) is 0 Å². The number of nitrogens with two attached hydrogens (primary N) is 1. The normalized spacial score (nSPS) is 11.4. The van der Waals surface area contributed by atoms with Crippen molar-refractivity contribution < 1.29 is 9.53 Å². The Bertz CT molecular complexity index is 471. The molecule has 6 heteroatoms. The number of hydrazine groups is 1. The number of hydrogen-bond acceptors (Lipinski definition) is 4. The van der Waals surface area contributed by atoms with Gasteiger partial charge in [-0.05, 0) is 24.6 Å². The highest BCUT2D eigenvalue weighted by atomic mass is 79.9. The van der Waals surface area contributed by atoms with Crippen molar-refractivity contribution in [2.45, 2.75) is 25.9 Å². The smallest absolute Gasteiger partial charge is 0.274 e. The van der Waals surface area contributed by atoms with Gasteiger partial charge in [0.1, 0.15) is 11.8 Å². The molecule has 1 rings (SSSR count). The fourth-order valence-corrected chi connectivity index (χ4v) is 1.81. The number of carbonyl (C=O) groups is 1. The largest absolute Gasteiger partial charge is 0.479 e. The summed E-state index contributed by atoms with van der Waals surface area (Å²) in [5.74, 6) is 5.08. The molecule has 0 aliphatic rings. The lowest BCUT2D eigenvalue weighted by Crippen LogP contribution is -2.42. The maximum Gasteiger partial charge on any atom is 0.274 e. The van der Waals surface area contributed by atoms with Crippen LogP contribution in [0.2, 0.25) is 0 Å². The van der Waals surface area contributed by atoms with Gasteiger partial charge in [0.25, 0.3) is 5.91 Å². The van der Waals surface area contributed by atoms with Gasteiger partial charge in [-0.15, -0.1) is 0 Å². The predicted molar refractivity (Wildman–Crippen MR) is 70.5 cm³/mol. The number of hydrogen-bond donors (Lipinski definition) is 2. The van der Waals surface area contributed by atoms with Gasteiger partial charge in [0, 0.05) is 4.47 Å². The first-order chi connectivity index (χ1) is 8.62. The third kappa shape index (κ3) is 3.72. The van der Waals surface area contributed by atoms with Gasteiger partial charge in [-0.25, -0.2) is 5.84 Å². The van der Waals surface area contributed by atoms with E-state index in [0.717, 1.165) is 10.9 Å². The molecule has 0 fully saturated rings. The van der Waals surface area contributed by atoms with Crippen LogP contribution in [-0.4, -0.2) is 12.0 Å². The van der Waals surface area contributed by atoms with Crippen molar-refractivity contribution in [2.75, 3.05) is 0 Å². The molecule has 0 aromatic heterocycles. The lowest BCUT2D eigenvalue weighted by Gasteiger charge is -2.17. The van der Waals surface area contributed by atoms with Crippen molar-refractivity contribution in [1.82, 2.24) is 5.43 Å². The van der Waals surface area contributed by atoms with Gasteiger partial charge in [-0.3, -0.25) is 10.2 Å². The zero-order valence-electron chi connectivity index (χ0n) is 9.94. The molecule has 0 radical (unpaired) electrons. The second-order valence-electron chi connectivity index (χ2n) is 3.66. The Kier molecular flexibility index (Phi) is 5.62. The second-order valence-corrected chi connectivity index (χ2v) is 4.57. The first-order valence-corrected chi connectivity index (χ1v) is 6.28. The molecule has 0 aliphatic carbocycles. The van der Waals surface area contributed by atoms with E-state index in [1.54, 1.807) is 18.2 Å². The Hall–Kier alpha value is -1.58. The van der Waals surface area contributed by atoms with Crippen LogP contribution in [0.3, 0.4) is 0 Å². The highest BCUT2D eigenvalue weighted by Gasteiger charge is 2.19.